The maximum Gasteiger partial charge on any atom is 0.0590 e. The second-order valence-electron chi connectivity index (χ2n) is 5.00. The lowest BCUT2D eigenvalue weighted by atomic mass is 10.0. The Morgan fingerprint density at radius 2 is 1.80 bits per heavy atom. The lowest BCUT2D eigenvalue weighted by molar-refractivity contribution is 0.0817. The van der Waals surface area contributed by atoms with Crippen LogP contribution in [-0.4, -0.2) is 37.7 Å². The SMILES string of the molecule is CCC(CC)N(CCOC)C(CN)c1ccc(Br)cc1. The molecule has 4 heteroatoms. The van der Waals surface area contributed by atoms with Crippen LogP contribution in [0.15, 0.2) is 28.7 Å². The van der Waals surface area contributed by atoms with Crippen molar-refractivity contribution in [2.75, 3.05) is 26.8 Å². The van der Waals surface area contributed by atoms with E-state index in [2.05, 4.69) is 58.9 Å². The van der Waals surface area contributed by atoms with Gasteiger partial charge in [-0.3, -0.25) is 4.90 Å². The molecule has 0 saturated heterocycles. The van der Waals surface area contributed by atoms with E-state index in [1.165, 1.54) is 5.56 Å². The van der Waals surface area contributed by atoms with E-state index in [0.717, 1.165) is 30.5 Å². The minimum atomic E-state index is 0.253. The van der Waals surface area contributed by atoms with Crippen molar-refractivity contribution >= 4 is 15.9 Å². The summed E-state index contributed by atoms with van der Waals surface area (Å²) in [5.74, 6) is 0. The van der Waals surface area contributed by atoms with E-state index < -0.39 is 0 Å². The Bertz CT molecular complexity index is 365. The first-order valence-electron chi connectivity index (χ1n) is 7.38. The molecule has 0 aliphatic heterocycles. The summed E-state index contributed by atoms with van der Waals surface area (Å²) in [5, 5.41) is 0. The molecule has 20 heavy (non-hydrogen) atoms. The fourth-order valence-electron chi connectivity index (χ4n) is 2.70. The summed E-state index contributed by atoms with van der Waals surface area (Å²) < 4.78 is 6.37. The van der Waals surface area contributed by atoms with Crippen LogP contribution in [0.3, 0.4) is 0 Å². The number of nitrogens with two attached hydrogens (primary N) is 1. The molecule has 0 aliphatic carbocycles. The zero-order valence-electron chi connectivity index (χ0n) is 12.8. The monoisotopic (exact) mass is 342 g/mol. The molecule has 0 radical (unpaired) electrons. The smallest absolute Gasteiger partial charge is 0.0590 e. The lowest BCUT2D eigenvalue weighted by Crippen LogP contribution is -2.42. The molecule has 1 unspecified atom stereocenters. The van der Waals surface area contributed by atoms with Crippen LogP contribution >= 0.6 is 15.9 Å². The molecule has 0 bridgehead atoms. The highest BCUT2D eigenvalue weighted by Gasteiger charge is 2.24. The van der Waals surface area contributed by atoms with Gasteiger partial charge in [-0.05, 0) is 30.5 Å². The molecule has 0 spiro atoms. The average molecular weight is 343 g/mol. The Hall–Kier alpha value is -0.420. The van der Waals surface area contributed by atoms with Crippen molar-refractivity contribution < 1.29 is 4.74 Å². The number of nitrogens with zero attached hydrogens (tertiary/aromatic N) is 1. The van der Waals surface area contributed by atoms with E-state index in [9.17, 15) is 0 Å². The average Bonchev–Trinajstić information content (AvgIpc) is 2.47. The number of hydrogen-bond acceptors (Lipinski definition) is 3. The van der Waals surface area contributed by atoms with Crippen LogP contribution in [0.2, 0.25) is 0 Å². The predicted molar refractivity (Wildman–Crippen MR) is 88.9 cm³/mol. The Balaban J connectivity index is 2.96. The maximum absolute atomic E-state index is 6.07. The third kappa shape index (κ3) is 4.85. The van der Waals surface area contributed by atoms with Crippen molar-refractivity contribution in [2.24, 2.45) is 5.73 Å². The van der Waals surface area contributed by atoms with Crippen LogP contribution in [-0.2, 0) is 4.74 Å². The molecule has 0 fully saturated rings. The molecule has 1 aromatic rings. The Kier molecular flexibility index (Phi) is 8.38. The second kappa shape index (κ2) is 9.50. The van der Waals surface area contributed by atoms with E-state index in [0.29, 0.717) is 12.6 Å². The first-order chi connectivity index (χ1) is 9.67. The van der Waals surface area contributed by atoms with Gasteiger partial charge in [-0.25, -0.2) is 0 Å². The van der Waals surface area contributed by atoms with Crippen LogP contribution in [0.25, 0.3) is 0 Å². The summed E-state index contributed by atoms with van der Waals surface area (Å²) in [6, 6.07) is 9.28. The van der Waals surface area contributed by atoms with Gasteiger partial charge in [0.25, 0.3) is 0 Å². The van der Waals surface area contributed by atoms with Gasteiger partial charge >= 0.3 is 0 Å². The summed E-state index contributed by atoms with van der Waals surface area (Å²) in [4.78, 5) is 2.49. The van der Waals surface area contributed by atoms with Crippen molar-refractivity contribution in [3.63, 3.8) is 0 Å². The number of hydrogen-bond donors (Lipinski definition) is 1. The topological polar surface area (TPSA) is 38.5 Å². The number of methoxy groups -OCH3 is 1. The number of rotatable bonds is 9. The van der Waals surface area contributed by atoms with Crippen LogP contribution in [0, 0.1) is 0 Å². The van der Waals surface area contributed by atoms with Gasteiger partial charge in [-0.2, -0.15) is 0 Å². The highest BCUT2D eigenvalue weighted by molar-refractivity contribution is 9.10. The van der Waals surface area contributed by atoms with Crippen molar-refractivity contribution in [3.05, 3.63) is 34.3 Å². The van der Waals surface area contributed by atoms with Crippen molar-refractivity contribution in [1.82, 2.24) is 4.90 Å². The second-order valence-corrected chi connectivity index (χ2v) is 5.92. The number of benzene rings is 1. The van der Waals surface area contributed by atoms with E-state index in [1.54, 1.807) is 7.11 Å². The number of halogens is 1. The molecule has 0 saturated carbocycles. The molecular weight excluding hydrogens is 316 g/mol. The Morgan fingerprint density at radius 1 is 1.20 bits per heavy atom. The van der Waals surface area contributed by atoms with Crippen LogP contribution in [0.5, 0.6) is 0 Å². The fraction of sp³-hybridized carbons (Fsp3) is 0.625. The summed E-state index contributed by atoms with van der Waals surface area (Å²) in [6.45, 7) is 6.76. The van der Waals surface area contributed by atoms with Crippen LogP contribution in [0.4, 0.5) is 0 Å². The molecule has 0 aliphatic rings. The minimum absolute atomic E-state index is 0.253. The van der Waals surface area contributed by atoms with E-state index in [1.807, 2.05) is 0 Å². The van der Waals surface area contributed by atoms with Gasteiger partial charge in [-0.1, -0.05) is 41.9 Å². The zero-order valence-corrected chi connectivity index (χ0v) is 14.4. The molecule has 3 nitrogen and oxygen atoms in total. The molecular formula is C16H27BrN2O. The fourth-order valence-corrected chi connectivity index (χ4v) is 2.96. The van der Waals surface area contributed by atoms with E-state index >= 15 is 0 Å². The minimum Gasteiger partial charge on any atom is -0.383 e. The zero-order chi connectivity index (χ0) is 15.0. The van der Waals surface area contributed by atoms with Gasteiger partial charge in [-0.15, -0.1) is 0 Å². The first-order valence-corrected chi connectivity index (χ1v) is 8.17. The summed E-state index contributed by atoms with van der Waals surface area (Å²) >= 11 is 3.49. The third-order valence-electron chi connectivity index (χ3n) is 3.84. The highest BCUT2D eigenvalue weighted by Crippen LogP contribution is 2.25. The van der Waals surface area contributed by atoms with Gasteiger partial charge in [0.05, 0.1) is 6.61 Å². The van der Waals surface area contributed by atoms with Crippen LogP contribution in [0.1, 0.15) is 38.3 Å². The summed E-state index contributed by atoms with van der Waals surface area (Å²) in [6.07, 6.45) is 2.26. The lowest BCUT2D eigenvalue weighted by Gasteiger charge is -2.37. The molecule has 1 atom stereocenters. The molecule has 1 aromatic carbocycles. The molecule has 114 valence electrons. The largest absolute Gasteiger partial charge is 0.383 e. The quantitative estimate of drug-likeness (QED) is 0.745. The molecule has 0 amide bonds. The van der Waals surface area contributed by atoms with Crippen LogP contribution < -0.4 is 5.73 Å². The van der Waals surface area contributed by atoms with E-state index in [4.69, 9.17) is 10.5 Å². The van der Waals surface area contributed by atoms with Gasteiger partial charge in [0, 0.05) is 36.8 Å². The van der Waals surface area contributed by atoms with Gasteiger partial charge < -0.3 is 10.5 Å². The summed E-state index contributed by atoms with van der Waals surface area (Å²) in [7, 11) is 1.75. The molecule has 0 aromatic heterocycles. The van der Waals surface area contributed by atoms with Gasteiger partial charge in [0.1, 0.15) is 0 Å². The number of ether oxygens (including phenoxy) is 1. The van der Waals surface area contributed by atoms with Crippen molar-refractivity contribution in [1.29, 1.82) is 0 Å². The normalized spacial score (nSPS) is 13.2. The van der Waals surface area contributed by atoms with Gasteiger partial charge in [0.2, 0.25) is 0 Å². The third-order valence-corrected chi connectivity index (χ3v) is 4.37. The highest BCUT2D eigenvalue weighted by atomic mass is 79.9. The first kappa shape index (κ1) is 17.6. The Labute approximate surface area is 131 Å². The molecule has 2 N–H and O–H groups in total. The summed E-state index contributed by atoms with van der Waals surface area (Å²) in [5.41, 5.74) is 7.35. The molecule has 1 rings (SSSR count). The van der Waals surface area contributed by atoms with Gasteiger partial charge in [0.15, 0.2) is 0 Å². The standard InChI is InChI=1S/C16H27BrN2O/c1-4-15(5-2)19(10-11-20-3)16(12-18)13-6-8-14(17)9-7-13/h6-9,15-16H,4-5,10-12,18H2,1-3H3. The van der Waals surface area contributed by atoms with E-state index in [-0.39, 0.29) is 6.04 Å². The molecule has 0 heterocycles. The maximum atomic E-state index is 6.07. The predicted octanol–water partition coefficient (Wildman–Crippen LogP) is 3.59. The van der Waals surface area contributed by atoms with Crippen molar-refractivity contribution in [2.45, 2.75) is 38.8 Å². The Morgan fingerprint density at radius 3 is 2.25 bits per heavy atom. The van der Waals surface area contributed by atoms with Crippen molar-refractivity contribution in [3.8, 4) is 0 Å².